The van der Waals surface area contributed by atoms with Gasteiger partial charge in [-0.25, -0.2) is 4.79 Å². The molecule has 1 aromatic rings. The highest BCUT2D eigenvalue weighted by molar-refractivity contribution is 5.85. The first-order valence-corrected chi connectivity index (χ1v) is 13.1. The largest absolute Gasteiger partial charge is 0.444 e. The molecular weight excluding hydrogens is 456 g/mol. The Morgan fingerprint density at radius 3 is 2.33 bits per heavy atom. The lowest BCUT2D eigenvalue weighted by Crippen LogP contribution is -2.51. The minimum absolute atomic E-state index is 0.0131. The standard InChI is InChI=1S/C29H44N2O5/c1-27(2,3)30-25(33)22-15-14-21(32)17-20(22)18-24-23(16-19-12-10-9-11-13-19)31(29(7,8)35-24)26(34)36-28(4,5)6/h9-13,20,22-24H,14-18H2,1-8H3,(H,30,33). The average molecular weight is 501 g/mol. The number of rotatable bonds is 5. The predicted molar refractivity (Wildman–Crippen MR) is 139 cm³/mol. The van der Waals surface area contributed by atoms with Gasteiger partial charge in [0.25, 0.3) is 0 Å². The van der Waals surface area contributed by atoms with Crippen LogP contribution in [0.4, 0.5) is 4.79 Å². The number of nitrogens with zero attached hydrogens (tertiary/aromatic N) is 1. The van der Waals surface area contributed by atoms with E-state index >= 15 is 0 Å². The van der Waals surface area contributed by atoms with E-state index in [1.807, 2.05) is 85.7 Å². The third-order valence-electron chi connectivity index (χ3n) is 6.82. The van der Waals surface area contributed by atoms with Gasteiger partial charge in [0.15, 0.2) is 0 Å². The van der Waals surface area contributed by atoms with Crippen LogP contribution in [0.25, 0.3) is 0 Å². The van der Waals surface area contributed by atoms with Crippen LogP contribution in [0.5, 0.6) is 0 Å². The van der Waals surface area contributed by atoms with Crippen LogP contribution in [0.1, 0.15) is 86.6 Å². The van der Waals surface area contributed by atoms with Crippen molar-refractivity contribution in [3.63, 3.8) is 0 Å². The third-order valence-corrected chi connectivity index (χ3v) is 6.82. The first kappa shape index (κ1) is 28.2. The molecule has 0 bridgehead atoms. The molecule has 1 heterocycles. The summed E-state index contributed by atoms with van der Waals surface area (Å²) in [6.07, 6.45) is 1.68. The van der Waals surface area contributed by atoms with Crippen LogP contribution in [-0.4, -0.2) is 51.7 Å². The second-order valence-electron chi connectivity index (χ2n) is 12.8. The van der Waals surface area contributed by atoms with Crippen molar-refractivity contribution in [2.75, 3.05) is 0 Å². The molecule has 1 aromatic carbocycles. The van der Waals surface area contributed by atoms with E-state index in [0.717, 1.165) is 5.56 Å². The van der Waals surface area contributed by atoms with Crippen molar-refractivity contribution in [1.82, 2.24) is 10.2 Å². The molecule has 3 rings (SSSR count). The highest BCUT2D eigenvalue weighted by Crippen LogP contribution is 2.41. The van der Waals surface area contributed by atoms with Gasteiger partial charge in [0.05, 0.1) is 12.1 Å². The van der Waals surface area contributed by atoms with Gasteiger partial charge in [-0.15, -0.1) is 0 Å². The van der Waals surface area contributed by atoms with Crippen LogP contribution in [0.15, 0.2) is 30.3 Å². The van der Waals surface area contributed by atoms with Gasteiger partial charge in [-0.1, -0.05) is 30.3 Å². The molecule has 0 spiro atoms. The number of carbonyl (C=O) groups is 3. The van der Waals surface area contributed by atoms with Crippen molar-refractivity contribution in [3.05, 3.63) is 35.9 Å². The van der Waals surface area contributed by atoms with Gasteiger partial charge in [0.1, 0.15) is 17.1 Å². The minimum Gasteiger partial charge on any atom is -0.444 e. The molecule has 200 valence electrons. The Morgan fingerprint density at radius 1 is 1.11 bits per heavy atom. The molecule has 2 aliphatic rings. The van der Waals surface area contributed by atoms with E-state index in [1.165, 1.54) is 0 Å². The number of ether oxygens (including phenoxy) is 2. The van der Waals surface area contributed by atoms with Gasteiger partial charge in [0, 0.05) is 24.3 Å². The molecule has 4 unspecified atom stereocenters. The van der Waals surface area contributed by atoms with Gasteiger partial charge in [-0.05, 0) is 86.1 Å². The van der Waals surface area contributed by atoms with Crippen molar-refractivity contribution in [2.24, 2.45) is 11.8 Å². The molecule has 1 aliphatic heterocycles. The van der Waals surface area contributed by atoms with E-state index in [-0.39, 0.29) is 41.2 Å². The Hall–Kier alpha value is -2.41. The van der Waals surface area contributed by atoms with Crippen LogP contribution in [0, 0.1) is 11.8 Å². The van der Waals surface area contributed by atoms with Gasteiger partial charge in [-0.3, -0.25) is 14.5 Å². The topological polar surface area (TPSA) is 84.9 Å². The van der Waals surface area contributed by atoms with Gasteiger partial charge in [0.2, 0.25) is 5.91 Å². The molecule has 7 nitrogen and oxygen atoms in total. The minimum atomic E-state index is -0.895. The number of hydrogen-bond acceptors (Lipinski definition) is 5. The van der Waals surface area contributed by atoms with Crippen molar-refractivity contribution in [3.8, 4) is 0 Å². The molecule has 2 amide bonds. The number of ketones is 1. The Labute approximate surface area is 216 Å². The molecule has 0 radical (unpaired) electrons. The smallest absolute Gasteiger partial charge is 0.412 e. The fourth-order valence-corrected chi connectivity index (χ4v) is 5.46. The number of Topliss-reactive ketones (excluding diaryl/α,β-unsaturated/α-hetero) is 1. The molecule has 36 heavy (non-hydrogen) atoms. The summed E-state index contributed by atoms with van der Waals surface area (Å²) in [6.45, 7) is 15.2. The molecule has 1 saturated heterocycles. The fraction of sp³-hybridized carbons (Fsp3) is 0.690. The van der Waals surface area contributed by atoms with Gasteiger partial charge < -0.3 is 14.8 Å². The maximum atomic E-state index is 13.4. The molecule has 0 aromatic heterocycles. The Morgan fingerprint density at radius 2 is 1.75 bits per heavy atom. The van der Waals surface area contributed by atoms with E-state index in [1.54, 1.807) is 4.90 Å². The van der Waals surface area contributed by atoms with Gasteiger partial charge >= 0.3 is 6.09 Å². The van der Waals surface area contributed by atoms with Crippen LogP contribution < -0.4 is 5.32 Å². The molecule has 1 saturated carbocycles. The summed E-state index contributed by atoms with van der Waals surface area (Å²) in [5.41, 5.74) is -0.801. The maximum Gasteiger partial charge on any atom is 0.412 e. The molecule has 4 atom stereocenters. The van der Waals surface area contributed by atoms with E-state index in [0.29, 0.717) is 32.1 Å². The van der Waals surface area contributed by atoms with E-state index in [4.69, 9.17) is 9.47 Å². The lowest BCUT2D eigenvalue weighted by Gasteiger charge is -2.36. The molecule has 1 N–H and O–H groups in total. The summed E-state index contributed by atoms with van der Waals surface area (Å²) in [5, 5.41) is 3.10. The van der Waals surface area contributed by atoms with Crippen molar-refractivity contribution in [1.29, 1.82) is 0 Å². The Bertz CT molecular complexity index is 945. The first-order chi connectivity index (χ1) is 16.6. The first-order valence-electron chi connectivity index (χ1n) is 13.1. The SMILES string of the molecule is CC(C)(C)NC(=O)C1CCC(=O)CC1CC1OC(C)(C)N(C(=O)OC(C)(C)C)C1Cc1ccccc1. The number of nitrogens with one attached hydrogen (secondary N) is 1. The number of amides is 2. The lowest BCUT2D eigenvalue weighted by molar-refractivity contribution is -0.133. The predicted octanol–water partition coefficient (Wildman–Crippen LogP) is 5.26. The summed E-state index contributed by atoms with van der Waals surface area (Å²) in [6, 6.07) is 9.72. The zero-order chi connectivity index (χ0) is 26.9. The fourth-order valence-electron chi connectivity index (χ4n) is 5.46. The van der Waals surface area contributed by atoms with Crippen molar-refractivity contribution < 1.29 is 23.9 Å². The highest BCUT2D eigenvalue weighted by atomic mass is 16.6. The summed E-state index contributed by atoms with van der Waals surface area (Å²) in [7, 11) is 0. The Balaban J connectivity index is 1.91. The number of hydrogen-bond donors (Lipinski definition) is 1. The Kier molecular flexibility index (Phi) is 8.23. The van der Waals surface area contributed by atoms with Crippen molar-refractivity contribution >= 4 is 17.8 Å². The molecule has 2 fully saturated rings. The van der Waals surface area contributed by atoms with E-state index < -0.39 is 17.4 Å². The molecule has 7 heteroatoms. The van der Waals surface area contributed by atoms with E-state index in [9.17, 15) is 14.4 Å². The highest BCUT2D eigenvalue weighted by Gasteiger charge is 2.52. The monoisotopic (exact) mass is 500 g/mol. The second kappa shape index (κ2) is 10.5. The maximum absolute atomic E-state index is 13.4. The molecule has 1 aliphatic carbocycles. The number of benzene rings is 1. The zero-order valence-corrected chi connectivity index (χ0v) is 23.2. The van der Waals surface area contributed by atoms with Crippen LogP contribution in [0.2, 0.25) is 0 Å². The summed E-state index contributed by atoms with van der Waals surface area (Å²) in [5.74, 6) is -0.241. The molecular formula is C29H44N2O5. The van der Waals surface area contributed by atoms with Gasteiger partial charge in [-0.2, -0.15) is 0 Å². The average Bonchev–Trinajstić information content (AvgIpc) is 2.95. The zero-order valence-electron chi connectivity index (χ0n) is 23.2. The summed E-state index contributed by atoms with van der Waals surface area (Å²) in [4.78, 5) is 40.8. The summed E-state index contributed by atoms with van der Waals surface area (Å²) < 4.78 is 12.3. The van der Waals surface area contributed by atoms with Crippen LogP contribution in [-0.2, 0) is 25.5 Å². The second-order valence-corrected chi connectivity index (χ2v) is 12.8. The lowest BCUT2D eigenvalue weighted by atomic mass is 9.74. The normalized spacial score (nSPS) is 26.6. The number of carbonyl (C=O) groups excluding carboxylic acids is 3. The quantitative estimate of drug-likeness (QED) is 0.596. The van der Waals surface area contributed by atoms with Crippen molar-refractivity contribution in [2.45, 2.75) is 117 Å². The van der Waals surface area contributed by atoms with E-state index in [2.05, 4.69) is 5.32 Å². The van der Waals surface area contributed by atoms with Crippen LogP contribution in [0.3, 0.4) is 0 Å². The third kappa shape index (κ3) is 7.31. The summed E-state index contributed by atoms with van der Waals surface area (Å²) >= 11 is 0. The van der Waals surface area contributed by atoms with Crippen LogP contribution >= 0.6 is 0 Å².